The normalized spacial score (nSPS) is 14.4. The summed E-state index contributed by atoms with van der Waals surface area (Å²) in [4.78, 5) is 8.73. The van der Waals surface area contributed by atoms with Crippen molar-refractivity contribution in [2.45, 2.75) is 32.9 Å². The van der Waals surface area contributed by atoms with E-state index < -0.39 is 13.0 Å². The number of halogens is 2. The number of nitrogens with zero attached hydrogens (tertiary/aromatic N) is 2. The molecule has 0 atom stereocenters. The van der Waals surface area contributed by atoms with E-state index in [9.17, 15) is 8.78 Å². The maximum atomic E-state index is 11.8. The summed E-state index contributed by atoms with van der Waals surface area (Å²) in [5.74, 6) is 0.666. The molecule has 1 aromatic rings. The lowest BCUT2D eigenvalue weighted by atomic mass is 10.2. The molecule has 17 heavy (non-hydrogen) atoms. The van der Waals surface area contributed by atoms with E-state index in [-0.39, 0.29) is 6.61 Å². The molecule has 2 rings (SSSR count). The summed E-state index contributed by atoms with van der Waals surface area (Å²) >= 11 is 0. The lowest BCUT2D eigenvalue weighted by Crippen LogP contribution is -2.10. The predicted octanol–water partition coefficient (Wildman–Crippen LogP) is 1.21. The third-order valence-corrected chi connectivity index (χ3v) is 2.65. The van der Waals surface area contributed by atoms with Gasteiger partial charge >= 0.3 is 0 Å². The molecule has 0 bridgehead atoms. The smallest absolute Gasteiger partial charge is 0.261 e. The summed E-state index contributed by atoms with van der Waals surface area (Å²) in [5.41, 5.74) is 3.13. The largest absolute Gasteiger partial charge is 0.375 e. The van der Waals surface area contributed by atoms with Gasteiger partial charge in [0.25, 0.3) is 6.43 Å². The maximum Gasteiger partial charge on any atom is 0.261 e. The SMILES string of the molecule is Cc1nc(CCOCC(F)F)nc2c1CNC2. The average molecular weight is 243 g/mol. The Morgan fingerprint density at radius 2 is 2.18 bits per heavy atom. The maximum absolute atomic E-state index is 11.8. The molecular weight excluding hydrogens is 228 g/mol. The quantitative estimate of drug-likeness (QED) is 0.790. The number of hydrogen-bond donors (Lipinski definition) is 1. The Kier molecular flexibility index (Phi) is 3.96. The van der Waals surface area contributed by atoms with Gasteiger partial charge in [-0.25, -0.2) is 18.7 Å². The first kappa shape index (κ1) is 12.3. The second kappa shape index (κ2) is 5.46. The van der Waals surface area contributed by atoms with Gasteiger partial charge in [-0.3, -0.25) is 0 Å². The zero-order valence-electron chi connectivity index (χ0n) is 9.67. The molecule has 1 aliphatic rings. The van der Waals surface area contributed by atoms with E-state index in [1.807, 2.05) is 6.92 Å². The summed E-state index contributed by atoms with van der Waals surface area (Å²) < 4.78 is 28.5. The van der Waals surface area contributed by atoms with Crippen molar-refractivity contribution < 1.29 is 13.5 Å². The van der Waals surface area contributed by atoms with Gasteiger partial charge in [0.15, 0.2) is 0 Å². The van der Waals surface area contributed by atoms with E-state index in [0.717, 1.165) is 30.0 Å². The Balaban J connectivity index is 1.91. The van der Waals surface area contributed by atoms with Gasteiger partial charge in [-0.1, -0.05) is 0 Å². The minimum atomic E-state index is -2.41. The molecule has 6 heteroatoms. The number of ether oxygens (including phenoxy) is 1. The van der Waals surface area contributed by atoms with Crippen LogP contribution in [-0.4, -0.2) is 29.6 Å². The Bertz CT molecular complexity index is 399. The molecule has 0 aromatic carbocycles. The Hall–Kier alpha value is -1.14. The standard InChI is InChI=1S/C11H15F2N3O/c1-7-8-4-14-5-9(8)16-11(15-7)2-3-17-6-10(12)13/h10,14H,2-6H2,1H3. The van der Waals surface area contributed by atoms with E-state index in [4.69, 9.17) is 4.74 Å². The zero-order valence-corrected chi connectivity index (χ0v) is 9.67. The molecule has 2 heterocycles. The topological polar surface area (TPSA) is 47.0 Å². The third-order valence-electron chi connectivity index (χ3n) is 2.65. The third kappa shape index (κ3) is 3.17. The fourth-order valence-corrected chi connectivity index (χ4v) is 1.85. The van der Waals surface area contributed by atoms with E-state index in [2.05, 4.69) is 15.3 Å². The van der Waals surface area contributed by atoms with Crippen molar-refractivity contribution in [2.75, 3.05) is 13.2 Å². The van der Waals surface area contributed by atoms with Crippen LogP contribution in [0.25, 0.3) is 0 Å². The first-order valence-corrected chi connectivity index (χ1v) is 5.58. The molecule has 0 amide bonds. The van der Waals surface area contributed by atoms with E-state index in [0.29, 0.717) is 12.2 Å². The number of aromatic nitrogens is 2. The highest BCUT2D eigenvalue weighted by Gasteiger charge is 2.16. The van der Waals surface area contributed by atoms with E-state index >= 15 is 0 Å². The Labute approximate surface area is 98.4 Å². The van der Waals surface area contributed by atoms with Gasteiger partial charge in [-0.05, 0) is 6.92 Å². The van der Waals surface area contributed by atoms with Gasteiger partial charge in [-0.2, -0.15) is 0 Å². The highest BCUT2D eigenvalue weighted by atomic mass is 19.3. The first-order chi connectivity index (χ1) is 8.16. The molecule has 1 aromatic heterocycles. The molecule has 0 saturated carbocycles. The Morgan fingerprint density at radius 3 is 2.94 bits per heavy atom. The lowest BCUT2D eigenvalue weighted by Gasteiger charge is -2.06. The van der Waals surface area contributed by atoms with Gasteiger partial charge in [0.2, 0.25) is 0 Å². The monoisotopic (exact) mass is 243 g/mol. The van der Waals surface area contributed by atoms with Crippen molar-refractivity contribution in [2.24, 2.45) is 0 Å². The van der Waals surface area contributed by atoms with Crippen molar-refractivity contribution in [3.63, 3.8) is 0 Å². The summed E-state index contributed by atoms with van der Waals surface area (Å²) in [5, 5.41) is 3.21. The van der Waals surface area contributed by atoms with E-state index in [1.165, 1.54) is 0 Å². The minimum absolute atomic E-state index is 0.232. The number of aryl methyl sites for hydroxylation is 1. The van der Waals surface area contributed by atoms with Crippen LogP contribution in [0.15, 0.2) is 0 Å². The first-order valence-electron chi connectivity index (χ1n) is 5.58. The van der Waals surface area contributed by atoms with Crippen LogP contribution >= 0.6 is 0 Å². The van der Waals surface area contributed by atoms with E-state index in [1.54, 1.807) is 0 Å². The van der Waals surface area contributed by atoms with Crippen LogP contribution in [0, 0.1) is 6.92 Å². The van der Waals surface area contributed by atoms with Crippen molar-refractivity contribution >= 4 is 0 Å². The van der Waals surface area contributed by atoms with Crippen LogP contribution < -0.4 is 5.32 Å². The van der Waals surface area contributed by atoms with Crippen molar-refractivity contribution in [1.82, 2.24) is 15.3 Å². The molecule has 4 nitrogen and oxygen atoms in total. The summed E-state index contributed by atoms with van der Waals surface area (Å²) in [7, 11) is 0. The average Bonchev–Trinajstić information content (AvgIpc) is 2.72. The van der Waals surface area contributed by atoms with Crippen molar-refractivity contribution in [3.05, 3.63) is 22.8 Å². The number of hydrogen-bond acceptors (Lipinski definition) is 4. The highest BCUT2D eigenvalue weighted by Crippen LogP contribution is 2.16. The fraction of sp³-hybridized carbons (Fsp3) is 0.636. The molecule has 1 aliphatic heterocycles. The number of fused-ring (bicyclic) bond motifs is 1. The molecular formula is C11H15F2N3O. The number of alkyl halides is 2. The molecule has 0 saturated heterocycles. The van der Waals surface area contributed by atoms with Crippen LogP contribution in [0.1, 0.15) is 22.8 Å². The molecule has 0 aliphatic carbocycles. The molecule has 0 radical (unpaired) electrons. The highest BCUT2D eigenvalue weighted by molar-refractivity contribution is 5.28. The van der Waals surface area contributed by atoms with Gasteiger partial charge in [0.05, 0.1) is 12.3 Å². The summed E-state index contributed by atoms with van der Waals surface area (Å²) in [6.07, 6.45) is -1.94. The van der Waals surface area contributed by atoms with Crippen molar-refractivity contribution in [1.29, 1.82) is 0 Å². The van der Waals surface area contributed by atoms with Gasteiger partial charge in [-0.15, -0.1) is 0 Å². The van der Waals surface area contributed by atoms with Gasteiger partial charge < -0.3 is 10.1 Å². The number of rotatable bonds is 5. The summed E-state index contributed by atoms with van der Waals surface area (Å²) in [6, 6.07) is 0. The molecule has 0 unspecified atom stereocenters. The zero-order chi connectivity index (χ0) is 12.3. The van der Waals surface area contributed by atoms with Crippen molar-refractivity contribution in [3.8, 4) is 0 Å². The molecule has 1 N–H and O–H groups in total. The van der Waals surface area contributed by atoms with Crippen LogP contribution in [0.3, 0.4) is 0 Å². The lowest BCUT2D eigenvalue weighted by molar-refractivity contribution is 0.0182. The van der Waals surface area contributed by atoms with Crippen LogP contribution in [0.4, 0.5) is 8.78 Å². The second-order valence-electron chi connectivity index (χ2n) is 3.97. The molecule has 0 spiro atoms. The van der Waals surface area contributed by atoms with Crippen LogP contribution in [-0.2, 0) is 24.2 Å². The molecule has 0 fully saturated rings. The fourth-order valence-electron chi connectivity index (χ4n) is 1.85. The van der Waals surface area contributed by atoms with Gasteiger partial charge in [0.1, 0.15) is 12.4 Å². The molecule has 94 valence electrons. The Morgan fingerprint density at radius 1 is 1.35 bits per heavy atom. The van der Waals surface area contributed by atoms with Gasteiger partial charge in [0, 0.05) is 30.8 Å². The second-order valence-corrected chi connectivity index (χ2v) is 3.97. The summed E-state index contributed by atoms with van der Waals surface area (Å²) in [6.45, 7) is 3.21. The number of nitrogens with one attached hydrogen (secondary N) is 1. The van der Waals surface area contributed by atoms with Crippen LogP contribution in [0.5, 0.6) is 0 Å². The predicted molar refractivity (Wildman–Crippen MR) is 57.8 cm³/mol. The van der Waals surface area contributed by atoms with Crippen LogP contribution in [0.2, 0.25) is 0 Å². The minimum Gasteiger partial charge on any atom is -0.375 e.